The summed E-state index contributed by atoms with van der Waals surface area (Å²) in [6.45, 7) is 1.83. The van der Waals surface area contributed by atoms with Crippen molar-refractivity contribution in [3.05, 3.63) is 77.9 Å². The SMILES string of the molecule is CC(NC(=O)c1cc2ccccc2cc1OCC(=O)NC1CC1)c1ccccc1. The van der Waals surface area contributed by atoms with E-state index in [1.807, 2.05) is 73.7 Å². The minimum atomic E-state index is -0.232. The van der Waals surface area contributed by atoms with E-state index in [1.54, 1.807) is 0 Å². The van der Waals surface area contributed by atoms with Gasteiger partial charge in [0.05, 0.1) is 11.6 Å². The maximum Gasteiger partial charge on any atom is 0.258 e. The molecule has 148 valence electrons. The summed E-state index contributed by atoms with van der Waals surface area (Å²) in [5.41, 5.74) is 1.44. The van der Waals surface area contributed by atoms with Crippen LogP contribution in [0, 0.1) is 0 Å². The third-order valence-corrected chi connectivity index (χ3v) is 5.04. The number of carbonyl (C=O) groups is 2. The van der Waals surface area contributed by atoms with Gasteiger partial charge in [0.2, 0.25) is 0 Å². The maximum atomic E-state index is 13.0. The van der Waals surface area contributed by atoms with Crippen LogP contribution in [0.2, 0.25) is 0 Å². The summed E-state index contributed by atoms with van der Waals surface area (Å²) < 4.78 is 5.77. The van der Waals surface area contributed by atoms with Crippen molar-refractivity contribution in [3.63, 3.8) is 0 Å². The summed E-state index contributed by atoms with van der Waals surface area (Å²) in [6.07, 6.45) is 2.04. The van der Waals surface area contributed by atoms with Crippen molar-refractivity contribution in [2.75, 3.05) is 6.61 Å². The predicted molar refractivity (Wildman–Crippen MR) is 113 cm³/mol. The molecule has 1 aliphatic carbocycles. The second-order valence-corrected chi connectivity index (χ2v) is 7.43. The number of ether oxygens (including phenoxy) is 1. The minimum absolute atomic E-state index is 0.108. The van der Waals surface area contributed by atoms with Gasteiger partial charge in [-0.1, -0.05) is 54.6 Å². The molecular weight excluding hydrogens is 364 g/mol. The maximum absolute atomic E-state index is 13.0. The zero-order chi connectivity index (χ0) is 20.2. The minimum Gasteiger partial charge on any atom is -0.483 e. The Hall–Kier alpha value is -3.34. The fraction of sp³-hybridized carbons (Fsp3) is 0.250. The van der Waals surface area contributed by atoms with Crippen molar-refractivity contribution < 1.29 is 14.3 Å². The Morgan fingerprint density at radius 1 is 1.00 bits per heavy atom. The summed E-state index contributed by atoms with van der Waals surface area (Å²) in [5, 5.41) is 7.83. The Bertz CT molecular complexity index is 1030. The molecule has 0 aliphatic heterocycles. The van der Waals surface area contributed by atoms with Crippen LogP contribution in [0.5, 0.6) is 5.75 Å². The van der Waals surface area contributed by atoms with E-state index in [1.165, 1.54) is 0 Å². The molecule has 1 atom stereocenters. The van der Waals surface area contributed by atoms with Crippen LogP contribution < -0.4 is 15.4 Å². The van der Waals surface area contributed by atoms with Gasteiger partial charge in [0, 0.05) is 6.04 Å². The zero-order valence-electron chi connectivity index (χ0n) is 16.4. The number of carbonyl (C=O) groups excluding carboxylic acids is 2. The lowest BCUT2D eigenvalue weighted by molar-refractivity contribution is -0.123. The summed E-state index contributed by atoms with van der Waals surface area (Å²) in [7, 11) is 0. The van der Waals surface area contributed by atoms with E-state index in [2.05, 4.69) is 10.6 Å². The predicted octanol–water partition coefficient (Wildman–Crippen LogP) is 3.99. The van der Waals surface area contributed by atoms with Crippen molar-refractivity contribution in [2.45, 2.75) is 31.8 Å². The molecule has 0 bridgehead atoms. The van der Waals surface area contributed by atoms with Crippen molar-refractivity contribution in [1.82, 2.24) is 10.6 Å². The number of rotatable bonds is 7. The number of fused-ring (bicyclic) bond motifs is 1. The third-order valence-electron chi connectivity index (χ3n) is 5.04. The summed E-state index contributed by atoms with van der Waals surface area (Å²) in [5.74, 6) is 0.0155. The molecule has 1 saturated carbocycles. The Balaban J connectivity index is 1.56. The van der Waals surface area contributed by atoms with Crippen LogP contribution in [0.15, 0.2) is 66.7 Å². The van der Waals surface area contributed by atoms with E-state index < -0.39 is 0 Å². The fourth-order valence-electron chi connectivity index (χ4n) is 3.26. The van der Waals surface area contributed by atoms with E-state index >= 15 is 0 Å². The number of hydrogen-bond donors (Lipinski definition) is 2. The Labute approximate surface area is 170 Å². The van der Waals surface area contributed by atoms with Gasteiger partial charge in [-0.05, 0) is 48.2 Å². The number of nitrogens with one attached hydrogen (secondary N) is 2. The molecule has 0 aromatic heterocycles. The van der Waals surface area contributed by atoms with E-state index in [9.17, 15) is 9.59 Å². The third kappa shape index (κ3) is 4.74. The zero-order valence-corrected chi connectivity index (χ0v) is 16.4. The van der Waals surface area contributed by atoms with E-state index in [0.717, 1.165) is 29.2 Å². The van der Waals surface area contributed by atoms with Gasteiger partial charge in [-0.15, -0.1) is 0 Å². The molecule has 2 N–H and O–H groups in total. The van der Waals surface area contributed by atoms with Crippen LogP contribution in [-0.2, 0) is 4.79 Å². The van der Waals surface area contributed by atoms with Crippen LogP contribution in [-0.4, -0.2) is 24.5 Å². The Kier molecular flexibility index (Phi) is 5.47. The normalized spacial score (nSPS) is 14.2. The molecule has 3 aromatic carbocycles. The Morgan fingerprint density at radius 3 is 2.34 bits per heavy atom. The molecule has 29 heavy (non-hydrogen) atoms. The van der Waals surface area contributed by atoms with E-state index in [4.69, 9.17) is 4.74 Å². The highest BCUT2D eigenvalue weighted by atomic mass is 16.5. The topological polar surface area (TPSA) is 67.4 Å². The largest absolute Gasteiger partial charge is 0.483 e. The van der Waals surface area contributed by atoms with Crippen LogP contribution in [0.25, 0.3) is 10.8 Å². The standard InChI is InChI=1S/C24H24N2O3/c1-16(17-7-3-2-4-8-17)25-24(28)21-13-18-9-5-6-10-19(18)14-22(21)29-15-23(27)26-20-11-12-20/h2-10,13-14,16,20H,11-12,15H2,1H3,(H,25,28)(H,26,27). The van der Waals surface area contributed by atoms with E-state index in [0.29, 0.717) is 11.3 Å². The molecule has 2 amide bonds. The number of hydrogen-bond acceptors (Lipinski definition) is 3. The van der Waals surface area contributed by atoms with Crippen LogP contribution in [0.3, 0.4) is 0 Å². The van der Waals surface area contributed by atoms with Crippen molar-refractivity contribution >= 4 is 22.6 Å². The quantitative estimate of drug-likeness (QED) is 0.643. The second kappa shape index (κ2) is 8.35. The number of amides is 2. The average molecular weight is 388 g/mol. The van der Waals surface area contributed by atoms with Gasteiger partial charge in [-0.25, -0.2) is 0 Å². The molecule has 0 spiro atoms. The van der Waals surface area contributed by atoms with Crippen molar-refractivity contribution in [1.29, 1.82) is 0 Å². The van der Waals surface area contributed by atoms with Crippen molar-refractivity contribution in [3.8, 4) is 5.75 Å². The van der Waals surface area contributed by atoms with Gasteiger partial charge in [-0.3, -0.25) is 9.59 Å². The Morgan fingerprint density at radius 2 is 1.66 bits per heavy atom. The molecule has 0 heterocycles. The van der Waals surface area contributed by atoms with Crippen LogP contribution >= 0.6 is 0 Å². The summed E-state index contributed by atoms with van der Waals surface area (Å²) >= 11 is 0. The molecular formula is C24H24N2O3. The second-order valence-electron chi connectivity index (χ2n) is 7.43. The summed E-state index contributed by atoms with van der Waals surface area (Å²) in [4.78, 5) is 25.1. The molecule has 1 aliphatic rings. The molecule has 5 heteroatoms. The first-order valence-electron chi connectivity index (χ1n) is 9.91. The lowest BCUT2D eigenvalue weighted by Gasteiger charge is -2.17. The molecule has 0 saturated heterocycles. The molecule has 4 rings (SSSR count). The van der Waals surface area contributed by atoms with Gasteiger partial charge in [-0.2, -0.15) is 0 Å². The summed E-state index contributed by atoms with van der Waals surface area (Å²) in [6, 6.07) is 21.3. The lowest BCUT2D eigenvalue weighted by Crippen LogP contribution is -2.31. The van der Waals surface area contributed by atoms with Crippen LogP contribution in [0.1, 0.15) is 41.7 Å². The van der Waals surface area contributed by atoms with Gasteiger partial charge in [0.15, 0.2) is 6.61 Å². The monoisotopic (exact) mass is 388 g/mol. The van der Waals surface area contributed by atoms with Crippen LogP contribution in [0.4, 0.5) is 0 Å². The highest BCUT2D eigenvalue weighted by Gasteiger charge is 2.24. The molecule has 1 unspecified atom stereocenters. The highest BCUT2D eigenvalue weighted by molar-refractivity contribution is 6.02. The van der Waals surface area contributed by atoms with Gasteiger partial charge in [0.1, 0.15) is 5.75 Å². The molecule has 1 fully saturated rings. The highest BCUT2D eigenvalue weighted by Crippen LogP contribution is 2.27. The smallest absolute Gasteiger partial charge is 0.258 e. The first kappa shape index (κ1) is 19.0. The van der Waals surface area contributed by atoms with Gasteiger partial charge >= 0.3 is 0 Å². The molecule has 5 nitrogen and oxygen atoms in total. The van der Waals surface area contributed by atoms with Gasteiger partial charge in [0.25, 0.3) is 11.8 Å². The lowest BCUT2D eigenvalue weighted by atomic mass is 10.0. The first-order chi connectivity index (χ1) is 14.1. The average Bonchev–Trinajstić information content (AvgIpc) is 3.56. The first-order valence-corrected chi connectivity index (χ1v) is 9.91. The molecule has 0 radical (unpaired) electrons. The fourth-order valence-corrected chi connectivity index (χ4v) is 3.26. The van der Waals surface area contributed by atoms with E-state index in [-0.39, 0.29) is 30.5 Å². The van der Waals surface area contributed by atoms with Crippen molar-refractivity contribution in [2.24, 2.45) is 0 Å². The van der Waals surface area contributed by atoms with Gasteiger partial charge < -0.3 is 15.4 Å². The number of benzene rings is 3. The molecule has 3 aromatic rings.